The van der Waals surface area contributed by atoms with Gasteiger partial charge in [0.05, 0.1) is 10.9 Å². The lowest BCUT2D eigenvalue weighted by Gasteiger charge is -2.11. The summed E-state index contributed by atoms with van der Waals surface area (Å²) in [5.74, 6) is 1.41. The zero-order chi connectivity index (χ0) is 21.3. The summed E-state index contributed by atoms with van der Waals surface area (Å²) in [6, 6.07) is 15.0. The van der Waals surface area contributed by atoms with E-state index >= 15 is 0 Å². The number of hydrogen-bond donors (Lipinski definition) is 2. The van der Waals surface area contributed by atoms with Gasteiger partial charge in [0.1, 0.15) is 18.2 Å². The first-order valence-electron chi connectivity index (χ1n) is 10.1. The van der Waals surface area contributed by atoms with Crippen LogP contribution in [0.15, 0.2) is 53.3 Å². The van der Waals surface area contributed by atoms with Gasteiger partial charge in [0.25, 0.3) is 5.56 Å². The molecule has 2 N–H and O–H groups in total. The van der Waals surface area contributed by atoms with E-state index in [0.717, 1.165) is 17.9 Å². The number of nitrogens with one attached hydrogen (secondary N) is 2. The number of hydrogen-bond acceptors (Lipinski definition) is 5. The van der Waals surface area contributed by atoms with E-state index in [9.17, 15) is 9.59 Å². The maximum Gasteiger partial charge on any atom is 0.258 e. The highest BCUT2D eigenvalue weighted by atomic mass is 16.5. The minimum absolute atomic E-state index is 0.0237. The van der Waals surface area contributed by atoms with Gasteiger partial charge in [0.2, 0.25) is 5.91 Å². The summed E-state index contributed by atoms with van der Waals surface area (Å²) in [4.78, 5) is 33.5. The van der Waals surface area contributed by atoms with Gasteiger partial charge in [-0.25, -0.2) is 4.98 Å². The van der Waals surface area contributed by atoms with Gasteiger partial charge in [0, 0.05) is 25.9 Å². The number of para-hydroxylation sites is 1. The van der Waals surface area contributed by atoms with Crippen LogP contribution in [0.2, 0.25) is 0 Å². The summed E-state index contributed by atoms with van der Waals surface area (Å²) in [6.07, 6.45) is 1.54. The molecule has 3 rings (SSSR count). The highest BCUT2D eigenvalue weighted by Crippen LogP contribution is 2.12. The largest absolute Gasteiger partial charge is 0.492 e. The van der Waals surface area contributed by atoms with Crippen LogP contribution in [-0.4, -0.2) is 48.0 Å². The topological polar surface area (TPSA) is 87.3 Å². The Kier molecular flexibility index (Phi) is 7.57. The van der Waals surface area contributed by atoms with E-state index in [-0.39, 0.29) is 11.5 Å². The number of aromatic nitrogens is 2. The molecule has 1 aromatic heterocycles. The predicted octanol–water partition coefficient (Wildman–Crippen LogP) is 2.50. The number of aryl methyl sites for hydroxylation is 1. The van der Waals surface area contributed by atoms with E-state index in [1.54, 1.807) is 6.07 Å². The Balaban J connectivity index is 1.40. The van der Waals surface area contributed by atoms with Gasteiger partial charge in [-0.1, -0.05) is 24.3 Å². The van der Waals surface area contributed by atoms with Crippen LogP contribution in [0.5, 0.6) is 5.75 Å². The quantitative estimate of drug-likeness (QED) is 0.538. The molecule has 0 spiro atoms. The van der Waals surface area contributed by atoms with E-state index in [4.69, 9.17) is 4.74 Å². The molecule has 0 saturated heterocycles. The number of rotatable bonds is 10. The molecule has 0 aliphatic heterocycles. The van der Waals surface area contributed by atoms with Crippen molar-refractivity contribution in [3.05, 3.63) is 70.3 Å². The third-order valence-corrected chi connectivity index (χ3v) is 4.70. The van der Waals surface area contributed by atoms with Gasteiger partial charge < -0.3 is 19.9 Å². The second-order valence-electron chi connectivity index (χ2n) is 7.46. The Labute approximate surface area is 176 Å². The Morgan fingerprint density at radius 3 is 2.67 bits per heavy atom. The molecule has 0 aliphatic rings. The first-order valence-corrected chi connectivity index (χ1v) is 10.1. The van der Waals surface area contributed by atoms with Crippen LogP contribution in [0.3, 0.4) is 0 Å². The van der Waals surface area contributed by atoms with E-state index < -0.39 is 0 Å². The van der Waals surface area contributed by atoms with Crippen LogP contribution in [-0.2, 0) is 17.8 Å². The number of carbonyl (C=O) groups excluding carboxylic acids is 1. The molecule has 2 aromatic carbocycles. The van der Waals surface area contributed by atoms with E-state index in [1.807, 2.05) is 56.6 Å². The second kappa shape index (κ2) is 10.5. The molecule has 3 aromatic rings. The van der Waals surface area contributed by atoms with Crippen molar-refractivity contribution in [3.8, 4) is 5.75 Å². The summed E-state index contributed by atoms with van der Waals surface area (Å²) < 4.78 is 5.67. The summed E-state index contributed by atoms with van der Waals surface area (Å²) >= 11 is 0. The molecule has 0 unspecified atom stereocenters. The number of ether oxygens (including phenoxy) is 1. The molecular formula is C23H28N4O3. The fourth-order valence-electron chi connectivity index (χ4n) is 3.01. The molecular weight excluding hydrogens is 380 g/mol. The van der Waals surface area contributed by atoms with Gasteiger partial charge in [-0.2, -0.15) is 0 Å². The van der Waals surface area contributed by atoms with Gasteiger partial charge >= 0.3 is 0 Å². The van der Waals surface area contributed by atoms with Crippen LogP contribution >= 0.6 is 0 Å². The molecule has 0 atom stereocenters. The van der Waals surface area contributed by atoms with Crippen molar-refractivity contribution in [2.75, 3.05) is 27.2 Å². The van der Waals surface area contributed by atoms with Crippen molar-refractivity contribution in [2.45, 2.75) is 25.8 Å². The van der Waals surface area contributed by atoms with Crippen molar-refractivity contribution in [3.63, 3.8) is 0 Å². The van der Waals surface area contributed by atoms with Crippen LogP contribution in [0, 0.1) is 0 Å². The fraction of sp³-hybridized carbons (Fsp3) is 0.348. The zero-order valence-corrected chi connectivity index (χ0v) is 17.5. The van der Waals surface area contributed by atoms with Crippen LogP contribution < -0.4 is 15.6 Å². The van der Waals surface area contributed by atoms with Crippen molar-refractivity contribution < 1.29 is 9.53 Å². The van der Waals surface area contributed by atoms with Crippen molar-refractivity contribution in [2.24, 2.45) is 0 Å². The number of benzene rings is 2. The standard InChI is InChI=1S/C23H28N4O3/c1-27(2)14-15-30-18-12-10-17(11-13-18)16-24-22(28)9-5-8-21-25-20-7-4-3-6-19(20)23(29)26-21/h3-4,6-7,10-13H,5,8-9,14-16H2,1-2H3,(H,24,28)(H,25,26,29). The highest BCUT2D eigenvalue weighted by Gasteiger charge is 2.06. The maximum atomic E-state index is 12.1. The number of carbonyl (C=O) groups is 1. The third-order valence-electron chi connectivity index (χ3n) is 4.70. The SMILES string of the molecule is CN(C)CCOc1ccc(CNC(=O)CCCc2nc3ccccc3c(=O)[nH]2)cc1. The number of fused-ring (bicyclic) bond motifs is 1. The molecule has 0 saturated carbocycles. The Morgan fingerprint density at radius 1 is 1.13 bits per heavy atom. The smallest absolute Gasteiger partial charge is 0.258 e. The Bertz CT molecular complexity index is 1030. The average molecular weight is 409 g/mol. The second-order valence-corrected chi connectivity index (χ2v) is 7.46. The zero-order valence-electron chi connectivity index (χ0n) is 17.5. The summed E-state index contributed by atoms with van der Waals surface area (Å²) in [5.41, 5.74) is 1.55. The van der Waals surface area contributed by atoms with Gasteiger partial charge in [-0.05, 0) is 50.3 Å². The predicted molar refractivity (Wildman–Crippen MR) is 118 cm³/mol. The highest BCUT2D eigenvalue weighted by molar-refractivity contribution is 5.77. The molecule has 1 heterocycles. The lowest BCUT2D eigenvalue weighted by Crippen LogP contribution is -2.22. The minimum Gasteiger partial charge on any atom is -0.492 e. The minimum atomic E-state index is -0.144. The molecule has 30 heavy (non-hydrogen) atoms. The first-order chi connectivity index (χ1) is 14.5. The fourth-order valence-corrected chi connectivity index (χ4v) is 3.01. The Hall–Kier alpha value is -3.19. The van der Waals surface area contributed by atoms with E-state index in [1.165, 1.54) is 0 Å². The van der Waals surface area contributed by atoms with Crippen molar-refractivity contribution in [1.29, 1.82) is 0 Å². The summed E-state index contributed by atoms with van der Waals surface area (Å²) in [7, 11) is 4.01. The van der Waals surface area contributed by atoms with Crippen molar-refractivity contribution >= 4 is 16.8 Å². The van der Waals surface area contributed by atoms with Crippen LogP contribution in [0.25, 0.3) is 10.9 Å². The molecule has 0 bridgehead atoms. The van der Waals surface area contributed by atoms with Gasteiger partial charge in [0.15, 0.2) is 0 Å². The van der Waals surface area contributed by atoms with E-state index in [2.05, 4.69) is 20.2 Å². The molecule has 1 amide bonds. The lowest BCUT2D eigenvalue weighted by molar-refractivity contribution is -0.121. The van der Waals surface area contributed by atoms with Gasteiger partial charge in [-0.15, -0.1) is 0 Å². The van der Waals surface area contributed by atoms with Gasteiger partial charge in [-0.3, -0.25) is 9.59 Å². The number of nitrogens with zero attached hydrogens (tertiary/aromatic N) is 2. The van der Waals surface area contributed by atoms with Crippen molar-refractivity contribution in [1.82, 2.24) is 20.2 Å². The van der Waals surface area contributed by atoms with Crippen LogP contribution in [0.1, 0.15) is 24.2 Å². The molecule has 158 valence electrons. The Morgan fingerprint density at radius 2 is 1.90 bits per heavy atom. The number of H-pyrrole nitrogens is 1. The van der Waals surface area contributed by atoms with E-state index in [0.29, 0.717) is 49.1 Å². The summed E-state index contributed by atoms with van der Waals surface area (Å²) in [6.45, 7) is 1.97. The van der Waals surface area contributed by atoms with Crippen LogP contribution in [0.4, 0.5) is 0 Å². The monoisotopic (exact) mass is 408 g/mol. The molecule has 0 fully saturated rings. The lowest BCUT2D eigenvalue weighted by atomic mass is 10.2. The number of amides is 1. The molecule has 0 radical (unpaired) electrons. The maximum absolute atomic E-state index is 12.1. The number of likely N-dealkylation sites (N-methyl/N-ethyl adjacent to an activating group) is 1. The number of aromatic amines is 1. The third kappa shape index (κ3) is 6.42. The normalized spacial score (nSPS) is 11.0. The molecule has 7 heteroatoms. The molecule has 0 aliphatic carbocycles. The molecule has 7 nitrogen and oxygen atoms in total. The average Bonchev–Trinajstić information content (AvgIpc) is 2.73. The first kappa shape index (κ1) is 21.5. The summed E-state index contributed by atoms with van der Waals surface area (Å²) in [5, 5.41) is 3.50.